The summed E-state index contributed by atoms with van der Waals surface area (Å²) in [6.07, 6.45) is -0.465. The van der Waals surface area contributed by atoms with Gasteiger partial charge in [-0.1, -0.05) is 0 Å². The second-order valence-corrected chi connectivity index (χ2v) is 6.08. The molecule has 12 nitrogen and oxygen atoms in total. The summed E-state index contributed by atoms with van der Waals surface area (Å²) >= 11 is 7.71. The lowest BCUT2D eigenvalue weighted by Gasteiger charge is -2.23. The highest BCUT2D eigenvalue weighted by Gasteiger charge is 2.29. The van der Waals surface area contributed by atoms with Gasteiger partial charge in [-0.05, 0) is 0 Å². The maximum Gasteiger partial charge on any atom is 0.327 e. The van der Waals surface area contributed by atoms with Crippen LogP contribution in [0.3, 0.4) is 0 Å². The first-order valence-electron chi connectivity index (χ1n) is 7.57. The molecular weight excluding hydrogens is 402 g/mol. The number of thiol groups is 2. The summed E-state index contributed by atoms with van der Waals surface area (Å²) in [5, 5.41) is 24.7. The van der Waals surface area contributed by atoms with Crippen molar-refractivity contribution in [1.82, 2.24) is 16.0 Å². The molecule has 0 heterocycles. The Kier molecular flexibility index (Phi) is 11.4. The third-order valence-corrected chi connectivity index (χ3v) is 3.92. The van der Waals surface area contributed by atoms with Gasteiger partial charge in [-0.25, -0.2) is 4.79 Å². The second kappa shape index (κ2) is 12.4. The van der Waals surface area contributed by atoms with Gasteiger partial charge in [0.1, 0.15) is 18.1 Å². The van der Waals surface area contributed by atoms with Crippen molar-refractivity contribution in [3.05, 3.63) is 0 Å². The first kappa shape index (κ1) is 25.0. The van der Waals surface area contributed by atoms with E-state index < -0.39 is 66.8 Å². The Morgan fingerprint density at radius 2 is 1.30 bits per heavy atom. The minimum Gasteiger partial charge on any atom is -0.480 e. The van der Waals surface area contributed by atoms with Crippen LogP contribution >= 0.6 is 25.3 Å². The summed E-state index contributed by atoms with van der Waals surface area (Å²) < 4.78 is 0. The van der Waals surface area contributed by atoms with Gasteiger partial charge in [0.2, 0.25) is 23.6 Å². The molecular formula is C13H23N5O7S2. The maximum absolute atomic E-state index is 12.2. The number of nitrogens with one attached hydrogen (secondary N) is 3. The summed E-state index contributed by atoms with van der Waals surface area (Å²) in [7, 11) is 0. The Hall–Kier alpha value is -2.03. The first-order chi connectivity index (χ1) is 12.6. The fourth-order valence-electron chi connectivity index (χ4n) is 1.71. The third kappa shape index (κ3) is 8.94. The molecule has 0 rings (SSSR count). The van der Waals surface area contributed by atoms with Crippen LogP contribution in [0.1, 0.15) is 6.42 Å². The van der Waals surface area contributed by atoms with Crippen molar-refractivity contribution < 1.29 is 34.2 Å². The van der Waals surface area contributed by atoms with Gasteiger partial charge >= 0.3 is 5.97 Å². The van der Waals surface area contributed by atoms with Crippen LogP contribution in [-0.2, 0) is 24.0 Å². The number of primary amides is 1. The topological polar surface area (TPSA) is 214 Å². The number of carboxylic acids is 1. The van der Waals surface area contributed by atoms with Gasteiger partial charge in [0.05, 0.1) is 19.1 Å². The van der Waals surface area contributed by atoms with Crippen LogP contribution in [-0.4, -0.2) is 82.1 Å². The molecule has 4 unspecified atom stereocenters. The third-order valence-electron chi connectivity index (χ3n) is 3.19. The molecule has 0 aromatic rings. The van der Waals surface area contributed by atoms with E-state index in [1.165, 1.54) is 0 Å². The van der Waals surface area contributed by atoms with Crippen molar-refractivity contribution in [3.8, 4) is 0 Å². The molecule has 0 aliphatic heterocycles. The van der Waals surface area contributed by atoms with Crippen molar-refractivity contribution >= 4 is 54.9 Å². The molecule has 0 bridgehead atoms. The van der Waals surface area contributed by atoms with Gasteiger partial charge in [-0.3, -0.25) is 19.2 Å². The van der Waals surface area contributed by atoms with Gasteiger partial charge in [0, 0.05) is 11.5 Å². The monoisotopic (exact) mass is 425 g/mol. The van der Waals surface area contributed by atoms with Gasteiger partial charge in [0.15, 0.2) is 0 Å². The molecule has 0 aromatic carbocycles. The van der Waals surface area contributed by atoms with Crippen LogP contribution in [0.4, 0.5) is 0 Å². The predicted molar refractivity (Wildman–Crippen MR) is 100 cm³/mol. The number of carboxylic acid groups (broad SMARTS) is 1. The molecule has 4 atom stereocenters. The standard InChI is InChI=1S/C13H23N5O7S2/c14-5(1-9(15)20)10(21)16-6(2-19)11(22)17-7(3-26)12(23)18-8(4-27)13(24)25/h5-8,19,26-27H,1-4,14H2,(H2,15,20)(H,16,21)(H,17,22)(H,18,23)(H,24,25). The van der Waals surface area contributed by atoms with E-state index in [0.29, 0.717) is 0 Å². The number of carbonyl (C=O) groups excluding carboxylic acids is 4. The van der Waals surface area contributed by atoms with Crippen LogP contribution in [0, 0.1) is 0 Å². The highest BCUT2D eigenvalue weighted by Crippen LogP contribution is 1.96. The number of aliphatic hydroxyl groups excluding tert-OH is 1. The molecule has 27 heavy (non-hydrogen) atoms. The second-order valence-electron chi connectivity index (χ2n) is 5.35. The number of aliphatic hydroxyl groups is 1. The summed E-state index contributed by atoms with van der Waals surface area (Å²) in [5.41, 5.74) is 10.3. The van der Waals surface area contributed by atoms with Crippen molar-refractivity contribution in [2.75, 3.05) is 18.1 Å². The van der Waals surface area contributed by atoms with Crippen LogP contribution in [0.2, 0.25) is 0 Å². The number of aliphatic carboxylic acids is 1. The lowest BCUT2D eigenvalue weighted by atomic mass is 10.1. The number of carbonyl (C=O) groups is 5. The zero-order valence-electron chi connectivity index (χ0n) is 14.1. The number of hydrogen-bond donors (Lipinski definition) is 9. The molecule has 0 saturated carbocycles. The Morgan fingerprint density at radius 1 is 0.852 bits per heavy atom. The summed E-state index contributed by atoms with van der Waals surface area (Å²) in [5.74, 6) is -5.20. The first-order valence-corrected chi connectivity index (χ1v) is 8.84. The van der Waals surface area contributed by atoms with E-state index in [9.17, 15) is 29.1 Å². The SMILES string of the molecule is NC(=O)CC(N)C(=O)NC(CO)C(=O)NC(CS)C(=O)NC(CS)C(=O)O. The van der Waals surface area contributed by atoms with E-state index in [-0.39, 0.29) is 11.5 Å². The Bertz CT molecular complexity index is 577. The largest absolute Gasteiger partial charge is 0.480 e. The molecule has 0 fully saturated rings. The van der Waals surface area contributed by atoms with E-state index in [2.05, 4.69) is 41.2 Å². The van der Waals surface area contributed by atoms with Gasteiger partial charge in [-0.15, -0.1) is 0 Å². The molecule has 14 heteroatoms. The van der Waals surface area contributed by atoms with Gasteiger partial charge in [0.25, 0.3) is 0 Å². The van der Waals surface area contributed by atoms with E-state index in [1.54, 1.807) is 0 Å². The summed E-state index contributed by atoms with van der Waals surface area (Å²) in [4.78, 5) is 57.7. The fraction of sp³-hybridized carbons (Fsp3) is 0.615. The van der Waals surface area contributed by atoms with Crippen LogP contribution < -0.4 is 27.4 Å². The van der Waals surface area contributed by atoms with Crippen LogP contribution in [0.5, 0.6) is 0 Å². The molecule has 0 spiro atoms. The number of hydrogen-bond acceptors (Lipinski definition) is 9. The van der Waals surface area contributed by atoms with Crippen molar-refractivity contribution in [1.29, 1.82) is 0 Å². The maximum atomic E-state index is 12.2. The molecule has 9 N–H and O–H groups in total. The zero-order chi connectivity index (χ0) is 21.1. The molecule has 0 radical (unpaired) electrons. The van der Waals surface area contributed by atoms with Crippen molar-refractivity contribution in [2.45, 2.75) is 30.6 Å². The molecule has 0 aromatic heterocycles. The normalized spacial score (nSPS) is 15.0. The molecule has 0 saturated heterocycles. The van der Waals surface area contributed by atoms with E-state index in [1.807, 2.05) is 0 Å². The minimum absolute atomic E-state index is 0.179. The minimum atomic E-state index is -1.47. The van der Waals surface area contributed by atoms with E-state index >= 15 is 0 Å². The van der Waals surface area contributed by atoms with E-state index in [4.69, 9.17) is 16.6 Å². The van der Waals surface area contributed by atoms with Gasteiger partial charge in [-0.2, -0.15) is 25.3 Å². The lowest BCUT2D eigenvalue weighted by Crippen LogP contribution is -2.58. The van der Waals surface area contributed by atoms with Crippen molar-refractivity contribution in [2.24, 2.45) is 11.5 Å². The van der Waals surface area contributed by atoms with Gasteiger partial charge < -0.3 is 37.6 Å². The van der Waals surface area contributed by atoms with Crippen LogP contribution in [0.15, 0.2) is 0 Å². The Morgan fingerprint density at radius 3 is 1.70 bits per heavy atom. The zero-order valence-corrected chi connectivity index (χ0v) is 15.9. The average Bonchev–Trinajstić information content (AvgIpc) is 2.60. The summed E-state index contributed by atoms with van der Waals surface area (Å²) in [6, 6.07) is -5.31. The van der Waals surface area contributed by atoms with Crippen molar-refractivity contribution in [3.63, 3.8) is 0 Å². The average molecular weight is 425 g/mol. The predicted octanol–water partition coefficient (Wildman–Crippen LogP) is -4.42. The molecule has 154 valence electrons. The highest BCUT2D eigenvalue weighted by molar-refractivity contribution is 7.80. The lowest BCUT2D eigenvalue weighted by molar-refractivity contribution is -0.141. The summed E-state index contributed by atoms with van der Waals surface area (Å²) in [6.45, 7) is -0.823. The molecule has 0 aliphatic rings. The number of rotatable bonds is 12. The number of amides is 4. The van der Waals surface area contributed by atoms with E-state index in [0.717, 1.165) is 0 Å². The molecule has 0 aliphatic carbocycles. The number of nitrogens with two attached hydrogens (primary N) is 2. The molecule has 4 amide bonds. The fourth-order valence-corrected chi connectivity index (χ4v) is 2.21. The smallest absolute Gasteiger partial charge is 0.327 e. The quantitative estimate of drug-likeness (QED) is 0.139. The highest BCUT2D eigenvalue weighted by atomic mass is 32.1. The Labute approximate surface area is 165 Å². The Balaban J connectivity index is 4.91. The van der Waals surface area contributed by atoms with Crippen LogP contribution in [0.25, 0.3) is 0 Å².